The Morgan fingerprint density at radius 2 is 2.05 bits per heavy atom. The number of ether oxygens (including phenoxy) is 2. The summed E-state index contributed by atoms with van der Waals surface area (Å²) in [6.45, 7) is -0.126. The number of H-pyrrole nitrogens is 1. The predicted molar refractivity (Wildman–Crippen MR) is 131 cm³/mol. The van der Waals surface area contributed by atoms with E-state index in [-0.39, 0.29) is 55.5 Å². The van der Waals surface area contributed by atoms with Gasteiger partial charge in [0.1, 0.15) is 16.5 Å². The Kier molecular flexibility index (Phi) is 7.59. The maximum Gasteiger partial charge on any atom is 0.293 e. The molecule has 0 spiro atoms. The van der Waals surface area contributed by atoms with Crippen molar-refractivity contribution >= 4 is 11.9 Å². The molecular formula is C24H26F3N10O3+. The molecule has 1 aromatic carbocycles. The lowest BCUT2D eigenvalue weighted by molar-refractivity contribution is -0.661. The number of tetrazole rings is 1. The third kappa shape index (κ3) is 5.70. The second-order valence-electron chi connectivity index (χ2n) is 9.10. The molecule has 0 bridgehead atoms. The van der Waals surface area contributed by atoms with Gasteiger partial charge < -0.3 is 19.7 Å². The number of benzene rings is 1. The van der Waals surface area contributed by atoms with Crippen molar-refractivity contribution in [3.05, 3.63) is 65.3 Å². The van der Waals surface area contributed by atoms with E-state index in [0.717, 1.165) is 0 Å². The number of hydrogen-bond donors (Lipinski definition) is 2. The van der Waals surface area contributed by atoms with Gasteiger partial charge in [-0.05, 0) is 12.1 Å². The van der Waals surface area contributed by atoms with Gasteiger partial charge in [-0.3, -0.25) is 9.48 Å². The molecule has 0 atom stereocenters. The van der Waals surface area contributed by atoms with Crippen LogP contribution in [0.25, 0.3) is 5.69 Å². The number of hydrogen-bond acceptors (Lipinski definition) is 9. The molecule has 1 amide bonds. The summed E-state index contributed by atoms with van der Waals surface area (Å²) in [4.78, 5) is 23.1. The number of nitrogens with zero attached hydrogens (tertiary/aromatic N) is 8. The summed E-state index contributed by atoms with van der Waals surface area (Å²) in [6.07, 6.45) is 5.74. The van der Waals surface area contributed by atoms with E-state index in [0.29, 0.717) is 16.9 Å². The summed E-state index contributed by atoms with van der Waals surface area (Å²) in [5, 5.41) is 17.1. The van der Waals surface area contributed by atoms with Crippen molar-refractivity contribution in [3.63, 3.8) is 0 Å². The topological polar surface area (TPSA) is 140 Å². The average Bonchev–Trinajstić information content (AvgIpc) is 3.69. The van der Waals surface area contributed by atoms with Gasteiger partial charge in [-0.1, -0.05) is 5.21 Å². The van der Waals surface area contributed by atoms with E-state index in [1.807, 2.05) is 0 Å². The minimum Gasteiger partial charge on any atom is -0.494 e. The van der Waals surface area contributed by atoms with Crippen molar-refractivity contribution in [1.29, 1.82) is 0 Å². The van der Waals surface area contributed by atoms with Crippen LogP contribution in [0, 0.1) is 5.82 Å². The monoisotopic (exact) mass is 559 g/mol. The van der Waals surface area contributed by atoms with Crippen LogP contribution in [-0.2, 0) is 24.4 Å². The highest BCUT2D eigenvalue weighted by Gasteiger charge is 2.39. The zero-order valence-corrected chi connectivity index (χ0v) is 21.6. The van der Waals surface area contributed by atoms with E-state index in [1.54, 1.807) is 6.07 Å². The Bertz CT molecular complexity index is 1480. The number of anilines is 1. The molecule has 0 aliphatic carbocycles. The molecule has 1 fully saturated rings. The van der Waals surface area contributed by atoms with Crippen molar-refractivity contribution in [2.24, 2.45) is 0 Å². The molecule has 4 aromatic rings. The fourth-order valence-corrected chi connectivity index (χ4v) is 4.36. The van der Waals surface area contributed by atoms with Crippen molar-refractivity contribution < 1.29 is 32.1 Å². The van der Waals surface area contributed by atoms with Crippen LogP contribution < -0.4 is 19.6 Å². The van der Waals surface area contributed by atoms with E-state index >= 15 is 4.39 Å². The summed E-state index contributed by atoms with van der Waals surface area (Å²) < 4.78 is 55.4. The molecule has 4 heterocycles. The molecule has 0 unspecified atom stereocenters. The zero-order valence-electron chi connectivity index (χ0n) is 21.6. The highest BCUT2D eigenvalue weighted by molar-refractivity contribution is 5.95. The fraction of sp³-hybridized carbons (Fsp3) is 0.375. The molecule has 1 aliphatic heterocycles. The maximum atomic E-state index is 15.2. The van der Waals surface area contributed by atoms with Crippen LogP contribution in [0.1, 0.15) is 33.6 Å². The summed E-state index contributed by atoms with van der Waals surface area (Å²) in [7, 11) is 2.82. The quantitative estimate of drug-likeness (QED) is 0.274. The van der Waals surface area contributed by atoms with E-state index in [1.165, 1.54) is 59.5 Å². The standard InChI is InChI=1S/C24H25F3N10O3/c1-39-12-18-17(11-36(32-18)10-15-7-29-23(30-8-15)35-6-5-24(26,27)13-35)22(38)28-9-16-19(37-14-31-33-34-37)3-4-20(40-2)21(16)25/h3-4,7-8,11,14H,5-6,9-10,12-13H2,1-2H3,(H,28,38)/p+1. The zero-order chi connectivity index (χ0) is 28.3. The van der Waals surface area contributed by atoms with Gasteiger partial charge in [-0.2, -0.15) is 5.10 Å². The van der Waals surface area contributed by atoms with Gasteiger partial charge in [0.25, 0.3) is 18.2 Å². The minimum absolute atomic E-state index is 0.0145. The number of carbonyl (C=O) groups is 1. The number of rotatable bonds is 10. The van der Waals surface area contributed by atoms with E-state index in [9.17, 15) is 13.6 Å². The number of nitrogens with one attached hydrogen (secondary N) is 2. The highest BCUT2D eigenvalue weighted by Crippen LogP contribution is 2.29. The van der Waals surface area contributed by atoms with Crippen LogP contribution >= 0.6 is 0 Å². The molecule has 0 saturated carbocycles. The molecule has 210 valence electrons. The first-order valence-electron chi connectivity index (χ1n) is 12.2. The largest absolute Gasteiger partial charge is 0.494 e. The second kappa shape index (κ2) is 11.3. The van der Waals surface area contributed by atoms with Gasteiger partial charge in [0.05, 0.1) is 37.9 Å². The number of amides is 1. The molecule has 5 rings (SSSR count). The molecule has 3 aromatic heterocycles. The Morgan fingerprint density at radius 3 is 2.70 bits per heavy atom. The molecule has 0 radical (unpaired) electrons. The first-order chi connectivity index (χ1) is 19.3. The first-order valence-corrected chi connectivity index (χ1v) is 12.2. The Labute approximate surface area is 225 Å². The highest BCUT2D eigenvalue weighted by atomic mass is 19.3. The van der Waals surface area contributed by atoms with Crippen molar-refractivity contribution in [3.8, 4) is 11.4 Å². The fourth-order valence-electron chi connectivity index (χ4n) is 4.36. The third-order valence-corrected chi connectivity index (χ3v) is 6.32. The minimum atomic E-state index is -2.75. The van der Waals surface area contributed by atoms with Crippen LogP contribution in [0.15, 0.2) is 37.1 Å². The average molecular weight is 560 g/mol. The van der Waals surface area contributed by atoms with Crippen molar-refractivity contribution in [2.45, 2.75) is 32.0 Å². The first kappa shape index (κ1) is 27.0. The van der Waals surface area contributed by atoms with Crippen LogP contribution in [-0.4, -0.2) is 74.4 Å². The second-order valence-corrected chi connectivity index (χ2v) is 9.10. The van der Waals surface area contributed by atoms with Crippen LogP contribution in [0.4, 0.5) is 19.1 Å². The normalized spacial score (nSPS) is 14.5. The van der Waals surface area contributed by atoms with E-state index in [2.05, 4.69) is 35.9 Å². The van der Waals surface area contributed by atoms with Gasteiger partial charge in [0.15, 0.2) is 16.8 Å². The Balaban J connectivity index is 1.31. The number of aromatic amines is 1. The number of halogens is 3. The van der Waals surface area contributed by atoms with Gasteiger partial charge in [-0.25, -0.2) is 23.1 Å². The van der Waals surface area contributed by atoms with Crippen LogP contribution in [0.3, 0.4) is 0 Å². The lowest BCUT2D eigenvalue weighted by Gasteiger charge is -2.15. The number of aromatic nitrogens is 8. The molecule has 1 saturated heterocycles. The lowest BCUT2D eigenvalue weighted by Crippen LogP contribution is -2.35. The Morgan fingerprint density at radius 1 is 1.25 bits per heavy atom. The SMILES string of the molecule is COCc1nn(Cc2cnc(N3CCC(F)(F)C3)nc2)cc1C(=O)NCc1c(-[n+]2cnn[nH]2)ccc(OC)c1F. The number of methoxy groups -OCH3 is 2. The smallest absolute Gasteiger partial charge is 0.293 e. The van der Waals surface area contributed by atoms with Gasteiger partial charge >= 0.3 is 0 Å². The van der Waals surface area contributed by atoms with Crippen LogP contribution in [0.2, 0.25) is 0 Å². The van der Waals surface area contributed by atoms with Crippen LogP contribution in [0.5, 0.6) is 5.75 Å². The summed E-state index contributed by atoms with van der Waals surface area (Å²) >= 11 is 0. The maximum absolute atomic E-state index is 15.2. The van der Waals surface area contributed by atoms with Gasteiger partial charge in [0.2, 0.25) is 5.95 Å². The van der Waals surface area contributed by atoms with Gasteiger partial charge in [-0.15, -0.1) is 4.68 Å². The summed E-state index contributed by atoms with van der Waals surface area (Å²) in [5.41, 5.74) is 1.80. The molecule has 1 aliphatic rings. The van der Waals surface area contributed by atoms with E-state index < -0.39 is 24.2 Å². The lowest BCUT2D eigenvalue weighted by atomic mass is 10.1. The summed E-state index contributed by atoms with van der Waals surface area (Å²) in [5.74, 6) is -3.65. The third-order valence-electron chi connectivity index (χ3n) is 6.32. The molecular weight excluding hydrogens is 533 g/mol. The number of alkyl halides is 2. The molecule has 16 heteroatoms. The molecule has 13 nitrogen and oxygen atoms in total. The summed E-state index contributed by atoms with van der Waals surface area (Å²) in [6, 6.07) is 3.07. The number of carbonyl (C=O) groups excluding carboxylic acids is 1. The van der Waals surface area contributed by atoms with E-state index in [4.69, 9.17) is 9.47 Å². The predicted octanol–water partition coefficient (Wildman–Crippen LogP) is 1.19. The van der Waals surface area contributed by atoms with Crippen molar-refractivity contribution in [2.75, 3.05) is 32.2 Å². The molecule has 2 N–H and O–H groups in total. The Hall–Kier alpha value is -4.60. The molecule has 40 heavy (non-hydrogen) atoms. The van der Waals surface area contributed by atoms with Crippen molar-refractivity contribution in [1.82, 2.24) is 40.6 Å². The van der Waals surface area contributed by atoms with Gasteiger partial charge in [0, 0.05) is 50.8 Å².